The van der Waals surface area contributed by atoms with Crippen LogP contribution in [0.25, 0.3) is 0 Å². The Hall–Kier alpha value is -1.63. The molecule has 0 fully saturated rings. The van der Waals surface area contributed by atoms with E-state index in [9.17, 15) is 14.4 Å². The Morgan fingerprint density at radius 2 is 2.19 bits per heavy atom. The third-order valence-corrected chi connectivity index (χ3v) is 2.95. The predicted molar refractivity (Wildman–Crippen MR) is 58.6 cm³/mol. The van der Waals surface area contributed by atoms with E-state index < -0.39 is 11.9 Å². The molecule has 1 aromatic rings. The molecule has 1 aromatic heterocycles. The predicted octanol–water partition coefficient (Wildman–Crippen LogP) is -0.239. The highest BCUT2D eigenvalue weighted by Crippen LogP contribution is 2.00. The molecule has 0 bridgehead atoms. The Kier molecular flexibility index (Phi) is 3.83. The molecule has 1 heterocycles. The van der Waals surface area contributed by atoms with Gasteiger partial charge in [-0.15, -0.1) is 0 Å². The largest absolute Gasteiger partial charge is 0.480 e. The summed E-state index contributed by atoms with van der Waals surface area (Å²) in [5.74, 6) is -1.48. The van der Waals surface area contributed by atoms with E-state index in [0.717, 1.165) is 16.2 Å². The summed E-state index contributed by atoms with van der Waals surface area (Å²) in [6.07, 6.45) is 0. The second-order valence-corrected chi connectivity index (χ2v) is 4.19. The van der Waals surface area contributed by atoms with Gasteiger partial charge in [0.2, 0.25) is 5.91 Å². The zero-order chi connectivity index (χ0) is 12.3. The third kappa shape index (κ3) is 2.93. The quantitative estimate of drug-likeness (QED) is 0.792. The highest BCUT2D eigenvalue weighted by molar-refractivity contribution is 7.07. The Balaban J connectivity index is 2.72. The molecule has 1 rings (SSSR count). The summed E-state index contributed by atoms with van der Waals surface area (Å²) in [6.45, 7) is 1.25. The van der Waals surface area contributed by atoms with Crippen LogP contribution in [0.3, 0.4) is 0 Å². The minimum Gasteiger partial charge on any atom is -0.480 e. The Morgan fingerprint density at radius 1 is 1.56 bits per heavy atom. The molecule has 0 aliphatic rings. The number of aliphatic carboxylic acids is 1. The number of carboxylic acids is 1. The van der Waals surface area contributed by atoms with Gasteiger partial charge < -0.3 is 10.0 Å². The first-order valence-electron chi connectivity index (χ1n) is 4.52. The molecule has 6 nitrogen and oxygen atoms in total. The monoisotopic (exact) mass is 244 g/mol. The summed E-state index contributed by atoms with van der Waals surface area (Å²) in [5.41, 5.74) is 0.701. The number of aromatic nitrogens is 1. The normalized spacial score (nSPS) is 10.1. The molecule has 1 amide bonds. The molecule has 16 heavy (non-hydrogen) atoms. The molecule has 1 N–H and O–H groups in total. The first kappa shape index (κ1) is 12.4. The number of amides is 1. The van der Waals surface area contributed by atoms with Crippen molar-refractivity contribution in [3.05, 3.63) is 20.7 Å². The van der Waals surface area contributed by atoms with Gasteiger partial charge in [0.1, 0.15) is 13.1 Å². The minimum absolute atomic E-state index is 0.113. The molecule has 7 heteroatoms. The van der Waals surface area contributed by atoms with Crippen molar-refractivity contribution in [3.8, 4) is 0 Å². The van der Waals surface area contributed by atoms with Gasteiger partial charge in [-0.1, -0.05) is 11.3 Å². The van der Waals surface area contributed by atoms with Crippen LogP contribution in [0.2, 0.25) is 0 Å². The van der Waals surface area contributed by atoms with Gasteiger partial charge in [0.25, 0.3) is 0 Å². The van der Waals surface area contributed by atoms with Gasteiger partial charge in [-0.05, 0) is 6.92 Å². The Labute approximate surface area is 95.7 Å². The van der Waals surface area contributed by atoms with Crippen LogP contribution < -0.4 is 4.87 Å². The zero-order valence-corrected chi connectivity index (χ0v) is 9.78. The fourth-order valence-electron chi connectivity index (χ4n) is 1.14. The van der Waals surface area contributed by atoms with Crippen molar-refractivity contribution in [2.45, 2.75) is 13.5 Å². The number of likely N-dealkylation sites (N-methyl/N-ethyl adjacent to an activating group) is 1. The number of aryl methyl sites for hydroxylation is 1. The molecular formula is C9H12N2O4S. The van der Waals surface area contributed by atoms with Crippen LogP contribution in [0.1, 0.15) is 5.69 Å². The van der Waals surface area contributed by atoms with Crippen LogP contribution in [0.5, 0.6) is 0 Å². The molecule has 0 saturated carbocycles. The topological polar surface area (TPSA) is 79.6 Å². The van der Waals surface area contributed by atoms with E-state index in [1.807, 2.05) is 0 Å². The van der Waals surface area contributed by atoms with Gasteiger partial charge in [-0.3, -0.25) is 19.0 Å². The molecule has 0 aromatic carbocycles. The van der Waals surface area contributed by atoms with E-state index in [-0.39, 0.29) is 18.0 Å². The number of thiazole rings is 1. The van der Waals surface area contributed by atoms with Gasteiger partial charge >= 0.3 is 10.8 Å². The first-order valence-corrected chi connectivity index (χ1v) is 5.40. The van der Waals surface area contributed by atoms with E-state index in [2.05, 4.69) is 0 Å². The van der Waals surface area contributed by atoms with Crippen LogP contribution in [0.4, 0.5) is 0 Å². The summed E-state index contributed by atoms with van der Waals surface area (Å²) in [7, 11) is 1.39. The number of rotatable bonds is 4. The lowest BCUT2D eigenvalue weighted by atomic mass is 10.4. The summed E-state index contributed by atoms with van der Waals surface area (Å²) < 4.78 is 1.32. The zero-order valence-electron chi connectivity index (χ0n) is 8.97. The van der Waals surface area contributed by atoms with Gasteiger partial charge in [0.05, 0.1) is 0 Å². The molecule has 0 radical (unpaired) electrons. The lowest BCUT2D eigenvalue weighted by molar-refractivity contribution is -0.143. The fraction of sp³-hybridized carbons (Fsp3) is 0.444. The van der Waals surface area contributed by atoms with Crippen LogP contribution in [0, 0.1) is 6.92 Å². The van der Waals surface area contributed by atoms with Gasteiger partial charge in [-0.2, -0.15) is 0 Å². The highest BCUT2D eigenvalue weighted by atomic mass is 32.1. The highest BCUT2D eigenvalue weighted by Gasteiger charge is 2.14. The van der Waals surface area contributed by atoms with Crippen molar-refractivity contribution < 1.29 is 14.7 Å². The molecule has 0 aliphatic heterocycles. The number of carbonyl (C=O) groups is 2. The lowest BCUT2D eigenvalue weighted by Crippen LogP contribution is -2.36. The summed E-state index contributed by atoms with van der Waals surface area (Å²) in [6, 6.07) is 0. The van der Waals surface area contributed by atoms with Gasteiger partial charge in [-0.25, -0.2) is 0 Å². The van der Waals surface area contributed by atoms with Crippen LogP contribution in [0.15, 0.2) is 10.2 Å². The van der Waals surface area contributed by atoms with E-state index in [1.54, 1.807) is 12.3 Å². The average molecular weight is 244 g/mol. The van der Waals surface area contributed by atoms with Gasteiger partial charge in [0, 0.05) is 18.1 Å². The second-order valence-electron chi connectivity index (χ2n) is 3.37. The number of hydrogen-bond acceptors (Lipinski definition) is 4. The molecule has 88 valence electrons. The Morgan fingerprint density at radius 3 is 2.62 bits per heavy atom. The number of nitrogens with zero attached hydrogens (tertiary/aromatic N) is 2. The smallest absolute Gasteiger partial charge is 0.323 e. The maximum absolute atomic E-state index is 11.6. The Bertz CT molecular complexity index is 462. The van der Waals surface area contributed by atoms with Crippen LogP contribution in [-0.4, -0.2) is 40.0 Å². The second kappa shape index (κ2) is 4.93. The van der Waals surface area contributed by atoms with Crippen molar-refractivity contribution in [3.63, 3.8) is 0 Å². The number of carbonyl (C=O) groups excluding carboxylic acids is 1. The van der Waals surface area contributed by atoms with E-state index >= 15 is 0 Å². The SMILES string of the molecule is Cc1csc(=O)n1CC(=O)N(C)CC(=O)O. The molecule has 0 unspecified atom stereocenters. The molecule has 0 aliphatic carbocycles. The number of hydrogen-bond donors (Lipinski definition) is 1. The van der Waals surface area contributed by atoms with Crippen LogP contribution in [-0.2, 0) is 16.1 Å². The maximum Gasteiger partial charge on any atom is 0.323 e. The summed E-state index contributed by atoms with van der Waals surface area (Å²) in [4.78, 5) is 34.1. The summed E-state index contributed by atoms with van der Waals surface area (Å²) in [5, 5.41) is 10.2. The van der Waals surface area contributed by atoms with Crippen molar-refractivity contribution in [1.82, 2.24) is 9.47 Å². The molecular weight excluding hydrogens is 232 g/mol. The van der Waals surface area contributed by atoms with Crippen molar-refractivity contribution in [1.29, 1.82) is 0 Å². The van der Waals surface area contributed by atoms with Crippen molar-refractivity contribution >= 4 is 23.2 Å². The van der Waals surface area contributed by atoms with E-state index in [4.69, 9.17) is 5.11 Å². The minimum atomic E-state index is -1.08. The maximum atomic E-state index is 11.6. The van der Waals surface area contributed by atoms with Gasteiger partial charge in [0.15, 0.2) is 0 Å². The fourth-order valence-corrected chi connectivity index (χ4v) is 1.88. The van der Waals surface area contributed by atoms with Crippen molar-refractivity contribution in [2.24, 2.45) is 0 Å². The van der Waals surface area contributed by atoms with Crippen LogP contribution >= 0.6 is 11.3 Å². The standard InChI is InChI=1S/C9H12N2O4S/c1-6-5-16-9(15)11(6)3-7(12)10(2)4-8(13)14/h5H,3-4H2,1-2H3,(H,13,14). The number of carboxylic acid groups (broad SMARTS) is 1. The third-order valence-electron chi connectivity index (χ3n) is 2.07. The molecule has 0 saturated heterocycles. The average Bonchev–Trinajstić information content (AvgIpc) is 2.48. The lowest BCUT2D eigenvalue weighted by Gasteiger charge is -2.14. The van der Waals surface area contributed by atoms with E-state index in [0.29, 0.717) is 5.69 Å². The molecule has 0 spiro atoms. The van der Waals surface area contributed by atoms with Crippen molar-refractivity contribution in [2.75, 3.05) is 13.6 Å². The first-order chi connectivity index (χ1) is 7.41. The van der Waals surface area contributed by atoms with E-state index in [1.165, 1.54) is 11.6 Å². The summed E-state index contributed by atoms with van der Waals surface area (Å²) >= 11 is 1.02. The molecule has 0 atom stereocenters.